The minimum Gasteiger partial charge on any atom is -0.454 e. The molecule has 224 valence electrons. The SMILES string of the molecule is Cc1cccc(C(=O)N(C)CCN(C)c2nc(NCc3ccc4c(c3)OCO4)c3ncn(CC=Cc4ccccc4)c3n2)c1. The van der Waals surface area contributed by atoms with Gasteiger partial charge in [-0.3, -0.25) is 4.79 Å². The van der Waals surface area contributed by atoms with E-state index in [1.807, 2.05) is 91.1 Å². The summed E-state index contributed by atoms with van der Waals surface area (Å²) in [4.78, 5) is 31.2. The van der Waals surface area contributed by atoms with E-state index in [1.165, 1.54) is 0 Å². The van der Waals surface area contributed by atoms with E-state index in [9.17, 15) is 4.79 Å². The van der Waals surface area contributed by atoms with E-state index in [4.69, 9.17) is 19.4 Å². The van der Waals surface area contributed by atoms with E-state index in [0.29, 0.717) is 49.0 Å². The molecule has 1 aliphatic heterocycles. The number of ether oxygens (including phenoxy) is 2. The summed E-state index contributed by atoms with van der Waals surface area (Å²) in [6, 6.07) is 23.7. The molecule has 2 aromatic heterocycles. The van der Waals surface area contributed by atoms with Crippen LogP contribution in [0.25, 0.3) is 17.2 Å². The van der Waals surface area contributed by atoms with Crippen molar-refractivity contribution in [3.05, 3.63) is 107 Å². The Balaban J connectivity index is 1.23. The number of imidazole rings is 1. The first-order chi connectivity index (χ1) is 21.4. The first kappa shape index (κ1) is 28.7. The van der Waals surface area contributed by atoms with Gasteiger partial charge in [0.25, 0.3) is 5.91 Å². The van der Waals surface area contributed by atoms with E-state index < -0.39 is 0 Å². The molecule has 0 atom stereocenters. The number of rotatable bonds is 11. The monoisotopic (exact) mass is 589 g/mol. The third-order valence-electron chi connectivity index (χ3n) is 7.48. The first-order valence-corrected chi connectivity index (χ1v) is 14.5. The average Bonchev–Trinajstić information content (AvgIpc) is 3.69. The van der Waals surface area contributed by atoms with Crippen LogP contribution in [0.3, 0.4) is 0 Å². The molecule has 10 nitrogen and oxygen atoms in total. The van der Waals surface area contributed by atoms with Crippen LogP contribution in [0.2, 0.25) is 0 Å². The second kappa shape index (κ2) is 12.9. The van der Waals surface area contributed by atoms with E-state index >= 15 is 0 Å². The van der Waals surface area contributed by atoms with Crippen molar-refractivity contribution in [1.29, 1.82) is 0 Å². The van der Waals surface area contributed by atoms with E-state index in [1.54, 1.807) is 11.2 Å². The molecule has 1 N–H and O–H groups in total. The molecule has 0 radical (unpaired) electrons. The van der Waals surface area contributed by atoms with Crippen LogP contribution in [-0.4, -0.2) is 64.3 Å². The van der Waals surface area contributed by atoms with Gasteiger partial charge in [-0.2, -0.15) is 9.97 Å². The van der Waals surface area contributed by atoms with E-state index in [2.05, 4.69) is 34.6 Å². The predicted molar refractivity (Wildman–Crippen MR) is 172 cm³/mol. The quantitative estimate of drug-likeness (QED) is 0.219. The maximum atomic E-state index is 13.0. The summed E-state index contributed by atoms with van der Waals surface area (Å²) in [7, 11) is 3.75. The maximum Gasteiger partial charge on any atom is 0.253 e. The number of carbonyl (C=O) groups is 1. The molecule has 0 saturated carbocycles. The number of carbonyl (C=O) groups excluding carboxylic acids is 1. The van der Waals surface area contributed by atoms with Crippen LogP contribution in [0.4, 0.5) is 11.8 Å². The number of aryl methyl sites for hydroxylation is 1. The predicted octanol–water partition coefficient (Wildman–Crippen LogP) is 5.40. The van der Waals surface area contributed by atoms with Crippen molar-refractivity contribution in [3.63, 3.8) is 0 Å². The van der Waals surface area contributed by atoms with Crippen LogP contribution in [0.5, 0.6) is 11.5 Å². The summed E-state index contributed by atoms with van der Waals surface area (Å²) in [5.74, 6) is 2.62. The molecule has 3 aromatic carbocycles. The van der Waals surface area contributed by atoms with E-state index in [0.717, 1.165) is 33.8 Å². The third kappa shape index (κ3) is 6.49. The zero-order valence-corrected chi connectivity index (χ0v) is 25.1. The zero-order chi connectivity index (χ0) is 30.5. The fourth-order valence-electron chi connectivity index (χ4n) is 4.96. The van der Waals surface area contributed by atoms with Crippen molar-refractivity contribution in [2.24, 2.45) is 0 Å². The van der Waals surface area contributed by atoms with Gasteiger partial charge in [-0.25, -0.2) is 4.98 Å². The topological polar surface area (TPSA) is 97.6 Å². The van der Waals surface area contributed by atoms with Gasteiger partial charge in [-0.1, -0.05) is 66.2 Å². The van der Waals surface area contributed by atoms with Crippen LogP contribution in [-0.2, 0) is 13.1 Å². The van der Waals surface area contributed by atoms with Gasteiger partial charge in [0, 0.05) is 45.8 Å². The van der Waals surface area contributed by atoms with Gasteiger partial charge >= 0.3 is 0 Å². The van der Waals surface area contributed by atoms with Crippen LogP contribution in [0.1, 0.15) is 27.0 Å². The van der Waals surface area contributed by atoms with Crippen molar-refractivity contribution in [3.8, 4) is 11.5 Å². The fraction of sp³-hybridized carbons (Fsp3) is 0.235. The smallest absolute Gasteiger partial charge is 0.253 e. The van der Waals surface area contributed by atoms with Gasteiger partial charge in [0.1, 0.15) is 0 Å². The Kier molecular flexibility index (Phi) is 8.40. The molecule has 0 spiro atoms. The number of allylic oxidation sites excluding steroid dienone is 1. The highest BCUT2D eigenvalue weighted by molar-refractivity contribution is 5.94. The Morgan fingerprint density at radius 3 is 2.66 bits per heavy atom. The highest BCUT2D eigenvalue weighted by atomic mass is 16.7. The number of likely N-dealkylation sites (N-methyl/N-ethyl adjacent to an activating group) is 2. The van der Waals surface area contributed by atoms with Gasteiger partial charge in [-0.05, 0) is 42.3 Å². The van der Waals surface area contributed by atoms with Crippen LogP contribution in [0, 0.1) is 6.92 Å². The van der Waals surface area contributed by atoms with Gasteiger partial charge in [0.05, 0.1) is 6.33 Å². The van der Waals surface area contributed by atoms with Gasteiger partial charge in [0.15, 0.2) is 28.5 Å². The van der Waals surface area contributed by atoms with Crippen molar-refractivity contribution in [1.82, 2.24) is 24.4 Å². The maximum absolute atomic E-state index is 13.0. The van der Waals surface area contributed by atoms with Gasteiger partial charge in [0.2, 0.25) is 12.7 Å². The molecule has 0 aliphatic carbocycles. The van der Waals surface area contributed by atoms with Crippen LogP contribution < -0.4 is 19.7 Å². The summed E-state index contributed by atoms with van der Waals surface area (Å²) in [5.41, 5.74) is 5.29. The highest BCUT2D eigenvalue weighted by Crippen LogP contribution is 2.33. The second-order valence-electron chi connectivity index (χ2n) is 10.8. The molecule has 3 heterocycles. The van der Waals surface area contributed by atoms with Crippen LogP contribution >= 0.6 is 0 Å². The Morgan fingerprint density at radius 2 is 1.82 bits per heavy atom. The number of nitrogens with one attached hydrogen (secondary N) is 1. The first-order valence-electron chi connectivity index (χ1n) is 14.5. The molecule has 0 saturated heterocycles. The molecule has 10 heteroatoms. The molecular formula is C34H35N7O3. The van der Waals surface area contributed by atoms with Gasteiger partial charge in [-0.15, -0.1) is 0 Å². The van der Waals surface area contributed by atoms with E-state index in [-0.39, 0.29) is 12.7 Å². The Morgan fingerprint density at radius 1 is 0.977 bits per heavy atom. The molecule has 0 bridgehead atoms. The number of aromatic nitrogens is 4. The number of hydrogen-bond acceptors (Lipinski definition) is 8. The number of anilines is 2. The Labute approximate surface area is 256 Å². The standard InChI is InChI=1S/C34H35N7O3/c1-24-9-7-13-27(19-24)33(42)39(2)17-18-40(3)34-37-31(35-21-26-14-15-28-29(20-26)44-23-43-28)30-32(38-34)41(22-36-30)16-8-12-25-10-5-4-6-11-25/h4-15,19-20,22H,16-18,21,23H2,1-3H3,(H,35,37,38). The number of nitrogens with zero attached hydrogens (tertiary/aromatic N) is 6. The molecule has 0 unspecified atom stereocenters. The minimum absolute atomic E-state index is 0.0205. The number of benzene rings is 3. The average molecular weight is 590 g/mol. The zero-order valence-electron chi connectivity index (χ0n) is 25.1. The van der Waals surface area contributed by atoms with Crippen LogP contribution in [0.15, 0.2) is 85.2 Å². The number of hydrogen-bond donors (Lipinski definition) is 1. The molecule has 5 aromatic rings. The van der Waals surface area contributed by atoms with Crippen molar-refractivity contribution < 1.29 is 14.3 Å². The third-order valence-corrected chi connectivity index (χ3v) is 7.48. The molecular weight excluding hydrogens is 554 g/mol. The number of fused-ring (bicyclic) bond motifs is 2. The lowest BCUT2D eigenvalue weighted by molar-refractivity contribution is 0.0798. The number of amides is 1. The summed E-state index contributed by atoms with van der Waals surface area (Å²) in [6.07, 6.45) is 5.96. The lowest BCUT2D eigenvalue weighted by atomic mass is 10.1. The summed E-state index contributed by atoms with van der Waals surface area (Å²) >= 11 is 0. The molecule has 44 heavy (non-hydrogen) atoms. The van der Waals surface area contributed by atoms with Crippen molar-refractivity contribution in [2.45, 2.75) is 20.0 Å². The molecule has 1 aliphatic rings. The minimum atomic E-state index is -0.0205. The summed E-state index contributed by atoms with van der Waals surface area (Å²) < 4.78 is 13.0. The van der Waals surface area contributed by atoms with Gasteiger partial charge < -0.3 is 29.2 Å². The Bertz CT molecular complexity index is 1800. The van der Waals surface area contributed by atoms with Crippen molar-refractivity contribution in [2.75, 3.05) is 44.2 Å². The lowest BCUT2D eigenvalue weighted by Crippen LogP contribution is -2.35. The fourth-order valence-corrected chi connectivity index (χ4v) is 4.96. The lowest BCUT2D eigenvalue weighted by Gasteiger charge is -2.23. The molecule has 6 rings (SSSR count). The normalized spacial score (nSPS) is 12.2. The Hall–Kier alpha value is -5.38. The molecule has 1 amide bonds. The highest BCUT2D eigenvalue weighted by Gasteiger charge is 2.18. The largest absolute Gasteiger partial charge is 0.454 e. The van der Waals surface area contributed by atoms with Crippen molar-refractivity contribution >= 4 is 34.9 Å². The summed E-state index contributed by atoms with van der Waals surface area (Å²) in [5, 5.41) is 3.46. The summed E-state index contributed by atoms with van der Waals surface area (Å²) in [6.45, 7) is 4.38. The molecule has 0 fully saturated rings. The second-order valence-corrected chi connectivity index (χ2v) is 10.8.